The van der Waals surface area contributed by atoms with Gasteiger partial charge in [0.05, 0.1) is 0 Å². The Morgan fingerprint density at radius 2 is 1.82 bits per heavy atom. The van der Waals surface area contributed by atoms with Gasteiger partial charge in [-0.1, -0.05) is 44.2 Å². The molecule has 0 amide bonds. The number of benzene rings is 1. The van der Waals surface area contributed by atoms with E-state index in [0.29, 0.717) is 23.9 Å². The molecule has 1 aliphatic heterocycles. The molecule has 17 heavy (non-hydrogen) atoms. The molecule has 0 aromatic heterocycles. The monoisotopic (exact) mass is 232 g/mol. The molecule has 1 aliphatic rings. The van der Waals surface area contributed by atoms with E-state index in [2.05, 4.69) is 56.0 Å². The summed E-state index contributed by atoms with van der Waals surface area (Å²) in [6.45, 7) is 9.01. The van der Waals surface area contributed by atoms with Crippen LogP contribution < -0.4 is 5.73 Å². The highest BCUT2D eigenvalue weighted by Crippen LogP contribution is 2.27. The molecule has 0 bridgehead atoms. The van der Waals surface area contributed by atoms with Gasteiger partial charge in [0, 0.05) is 25.2 Å². The van der Waals surface area contributed by atoms with E-state index in [1.165, 1.54) is 5.56 Å². The van der Waals surface area contributed by atoms with Gasteiger partial charge in [-0.05, 0) is 24.3 Å². The lowest BCUT2D eigenvalue weighted by Crippen LogP contribution is -2.55. The summed E-state index contributed by atoms with van der Waals surface area (Å²) in [4.78, 5) is 2.56. The maximum Gasteiger partial charge on any atom is 0.0236 e. The first-order chi connectivity index (χ1) is 8.09. The average molecular weight is 232 g/mol. The number of likely N-dealkylation sites (tertiary alicyclic amines) is 1. The summed E-state index contributed by atoms with van der Waals surface area (Å²) in [6.07, 6.45) is 0. The Morgan fingerprint density at radius 3 is 2.47 bits per heavy atom. The minimum Gasteiger partial charge on any atom is -0.327 e. The van der Waals surface area contributed by atoms with Crippen LogP contribution in [0.15, 0.2) is 30.3 Å². The first-order valence-corrected chi connectivity index (χ1v) is 6.63. The van der Waals surface area contributed by atoms with E-state index < -0.39 is 0 Å². The minimum atomic E-state index is 0.344. The van der Waals surface area contributed by atoms with Crippen LogP contribution in [-0.2, 0) is 6.54 Å². The Labute approximate surface area is 105 Å². The average Bonchev–Trinajstić information content (AvgIpc) is 2.35. The van der Waals surface area contributed by atoms with Crippen LogP contribution in [0.2, 0.25) is 0 Å². The molecule has 0 aliphatic carbocycles. The second-order valence-corrected chi connectivity index (χ2v) is 5.57. The fraction of sp³-hybridized carbons (Fsp3) is 0.600. The van der Waals surface area contributed by atoms with E-state index in [0.717, 1.165) is 13.1 Å². The van der Waals surface area contributed by atoms with Crippen molar-refractivity contribution in [2.45, 2.75) is 39.4 Å². The first kappa shape index (κ1) is 12.6. The van der Waals surface area contributed by atoms with Crippen LogP contribution in [0, 0.1) is 11.8 Å². The summed E-state index contributed by atoms with van der Waals surface area (Å²) in [5, 5.41) is 0. The SMILES string of the molecule is C[C@@H]1[C@H](N)[C@@H](C)CN(Cc2ccccc2)[C@@H]1C. The van der Waals surface area contributed by atoms with Crippen molar-refractivity contribution < 1.29 is 0 Å². The second kappa shape index (κ2) is 5.19. The van der Waals surface area contributed by atoms with Gasteiger partial charge < -0.3 is 5.73 Å². The third kappa shape index (κ3) is 2.70. The van der Waals surface area contributed by atoms with E-state index >= 15 is 0 Å². The predicted molar refractivity (Wildman–Crippen MR) is 72.6 cm³/mol. The topological polar surface area (TPSA) is 29.3 Å². The maximum absolute atomic E-state index is 6.24. The zero-order valence-corrected chi connectivity index (χ0v) is 11.1. The number of piperidine rings is 1. The number of hydrogen-bond acceptors (Lipinski definition) is 2. The molecule has 1 aromatic carbocycles. The van der Waals surface area contributed by atoms with Gasteiger partial charge in [-0.3, -0.25) is 4.90 Å². The summed E-state index contributed by atoms with van der Waals surface area (Å²) in [5.74, 6) is 1.16. The molecule has 0 radical (unpaired) electrons. The number of nitrogens with zero attached hydrogens (tertiary/aromatic N) is 1. The molecule has 1 fully saturated rings. The van der Waals surface area contributed by atoms with Crippen LogP contribution in [0.4, 0.5) is 0 Å². The number of hydrogen-bond donors (Lipinski definition) is 1. The van der Waals surface area contributed by atoms with Crippen molar-refractivity contribution >= 4 is 0 Å². The Bertz CT molecular complexity index is 349. The van der Waals surface area contributed by atoms with Crippen molar-refractivity contribution in [3.63, 3.8) is 0 Å². The molecule has 1 aromatic rings. The molecule has 0 spiro atoms. The fourth-order valence-corrected chi connectivity index (χ4v) is 2.86. The quantitative estimate of drug-likeness (QED) is 0.849. The highest BCUT2D eigenvalue weighted by molar-refractivity contribution is 5.15. The van der Waals surface area contributed by atoms with E-state index in [1.807, 2.05) is 0 Å². The third-order valence-corrected chi connectivity index (χ3v) is 4.35. The van der Waals surface area contributed by atoms with Gasteiger partial charge >= 0.3 is 0 Å². The Kier molecular flexibility index (Phi) is 3.85. The summed E-state index contributed by atoms with van der Waals surface area (Å²) in [7, 11) is 0. The molecule has 4 atom stereocenters. The molecule has 2 nitrogen and oxygen atoms in total. The summed E-state index contributed by atoms with van der Waals surface area (Å²) in [6, 6.07) is 11.6. The van der Waals surface area contributed by atoms with Crippen molar-refractivity contribution in [3.05, 3.63) is 35.9 Å². The van der Waals surface area contributed by atoms with Crippen molar-refractivity contribution in [3.8, 4) is 0 Å². The van der Waals surface area contributed by atoms with Gasteiger partial charge in [0.25, 0.3) is 0 Å². The highest BCUT2D eigenvalue weighted by atomic mass is 15.2. The fourth-order valence-electron chi connectivity index (χ4n) is 2.86. The first-order valence-electron chi connectivity index (χ1n) is 6.63. The Morgan fingerprint density at radius 1 is 1.18 bits per heavy atom. The van der Waals surface area contributed by atoms with E-state index in [9.17, 15) is 0 Å². The molecule has 1 heterocycles. The zero-order chi connectivity index (χ0) is 12.4. The minimum absolute atomic E-state index is 0.344. The number of rotatable bonds is 2. The molecule has 2 heteroatoms. The van der Waals surface area contributed by atoms with Crippen LogP contribution in [0.5, 0.6) is 0 Å². The molecular weight excluding hydrogens is 208 g/mol. The van der Waals surface area contributed by atoms with E-state index in [1.54, 1.807) is 0 Å². The van der Waals surface area contributed by atoms with Crippen LogP contribution in [0.1, 0.15) is 26.3 Å². The molecule has 94 valence electrons. The number of nitrogens with two attached hydrogens (primary N) is 1. The largest absolute Gasteiger partial charge is 0.327 e. The smallest absolute Gasteiger partial charge is 0.0236 e. The summed E-state index contributed by atoms with van der Waals surface area (Å²) < 4.78 is 0. The van der Waals surface area contributed by atoms with Gasteiger partial charge in [0.1, 0.15) is 0 Å². The third-order valence-electron chi connectivity index (χ3n) is 4.35. The highest BCUT2D eigenvalue weighted by Gasteiger charge is 2.34. The van der Waals surface area contributed by atoms with Gasteiger partial charge in [-0.2, -0.15) is 0 Å². The molecular formula is C15H24N2. The Hall–Kier alpha value is -0.860. The molecule has 0 unspecified atom stereocenters. The second-order valence-electron chi connectivity index (χ2n) is 5.57. The van der Waals surface area contributed by atoms with Crippen LogP contribution >= 0.6 is 0 Å². The Balaban J connectivity index is 2.06. The summed E-state index contributed by atoms with van der Waals surface area (Å²) in [5.41, 5.74) is 7.64. The van der Waals surface area contributed by atoms with Crippen LogP contribution in [-0.4, -0.2) is 23.5 Å². The van der Waals surface area contributed by atoms with Gasteiger partial charge in [0.15, 0.2) is 0 Å². The zero-order valence-electron chi connectivity index (χ0n) is 11.1. The lowest BCUT2D eigenvalue weighted by atomic mass is 9.81. The molecule has 2 N–H and O–H groups in total. The molecule has 2 rings (SSSR count). The van der Waals surface area contributed by atoms with E-state index in [4.69, 9.17) is 5.73 Å². The lowest BCUT2D eigenvalue weighted by molar-refractivity contribution is 0.0553. The van der Waals surface area contributed by atoms with Gasteiger partial charge in [-0.25, -0.2) is 0 Å². The standard InChI is InChI=1S/C15H24N2/c1-11-9-17(13(3)12(2)15(11)16)10-14-7-5-4-6-8-14/h4-8,11-13,15H,9-10,16H2,1-3H3/t11-,12-,13+,15+/m0/s1. The van der Waals surface area contributed by atoms with Gasteiger partial charge in [-0.15, -0.1) is 0 Å². The van der Waals surface area contributed by atoms with Crippen molar-refractivity contribution in [2.24, 2.45) is 17.6 Å². The molecule has 1 saturated heterocycles. The predicted octanol–water partition coefficient (Wildman–Crippen LogP) is 2.49. The van der Waals surface area contributed by atoms with Crippen molar-refractivity contribution in [1.29, 1.82) is 0 Å². The van der Waals surface area contributed by atoms with Crippen molar-refractivity contribution in [1.82, 2.24) is 4.90 Å². The normalized spacial score (nSPS) is 34.8. The van der Waals surface area contributed by atoms with Gasteiger partial charge in [0.2, 0.25) is 0 Å². The van der Waals surface area contributed by atoms with Crippen molar-refractivity contribution in [2.75, 3.05) is 6.54 Å². The van der Waals surface area contributed by atoms with E-state index in [-0.39, 0.29) is 0 Å². The maximum atomic E-state index is 6.24. The summed E-state index contributed by atoms with van der Waals surface area (Å²) >= 11 is 0. The van der Waals surface area contributed by atoms with Crippen LogP contribution in [0.3, 0.4) is 0 Å². The lowest BCUT2D eigenvalue weighted by Gasteiger charge is -2.45. The van der Waals surface area contributed by atoms with Crippen LogP contribution in [0.25, 0.3) is 0 Å². The molecule has 0 saturated carbocycles.